The summed E-state index contributed by atoms with van der Waals surface area (Å²) in [5, 5.41) is 0. The molecule has 0 aliphatic rings. The van der Waals surface area contributed by atoms with Crippen molar-refractivity contribution in [2.75, 3.05) is 12.5 Å². The molecule has 0 saturated heterocycles. The zero-order valence-electron chi connectivity index (χ0n) is 10.00. The molecular formula is C14H16OS2. The van der Waals surface area contributed by atoms with Crippen molar-refractivity contribution in [3.63, 3.8) is 0 Å². The van der Waals surface area contributed by atoms with Crippen LogP contribution in [0.15, 0.2) is 70.5 Å². The Morgan fingerprint density at radius 3 is 1.35 bits per heavy atom. The van der Waals surface area contributed by atoms with Gasteiger partial charge in [0.2, 0.25) is 0 Å². The van der Waals surface area contributed by atoms with Crippen LogP contribution in [0, 0.1) is 0 Å². The van der Waals surface area contributed by atoms with Crippen LogP contribution in [0.3, 0.4) is 0 Å². The molecule has 0 spiro atoms. The van der Waals surface area contributed by atoms with Crippen molar-refractivity contribution in [2.24, 2.45) is 0 Å². The Balaban J connectivity index is 0.000000317. The van der Waals surface area contributed by atoms with Crippen molar-refractivity contribution in [3.05, 3.63) is 60.7 Å². The van der Waals surface area contributed by atoms with Gasteiger partial charge in [0, 0.05) is 9.79 Å². The molecule has 0 bridgehead atoms. The second kappa shape index (κ2) is 8.23. The van der Waals surface area contributed by atoms with Gasteiger partial charge in [-0.2, -0.15) is 0 Å². The second-order valence-corrected chi connectivity index (χ2v) is 6.10. The van der Waals surface area contributed by atoms with Crippen LogP contribution in [-0.2, 0) is 11.2 Å². The maximum absolute atomic E-state index is 9.56. The molecule has 0 N–H and O–H groups in total. The van der Waals surface area contributed by atoms with Gasteiger partial charge in [0.1, 0.15) is 0 Å². The Labute approximate surface area is 110 Å². The van der Waals surface area contributed by atoms with Gasteiger partial charge in [0.25, 0.3) is 0 Å². The van der Waals surface area contributed by atoms with Crippen molar-refractivity contribution in [3.8, 4) is 0 Å². The topological polar surface area (TPSA) is 23.1 Å². The van der Waals surface area contributed by atoms with E-state index in [-0.39, 0.29) is 0 Å². The fourth-order valence-corrected chi connectivity index (χ4v) is 1.97. The van der Waals surface area contributed by atoms with E-state index in [9.17, 15) is 4.55 Å². The molecule has 2 aromatic carbocycles. The number of hydrogen-bond donors (Lipinski definition) is 0. The zero-order chi connectivity index (χ0) is 12.5. The Morgan fingerprint density at radius 1 is 0.765 bits per heavy atom. The van der Waals surface area contributed by atoms with E-state index >= 15 is 0 Å². The van der Waals surface area contributed by atoms with Crippen molar-refractivity contribution in [1.82, 2.24) is 0 Å². The van der Waals surface area contributed by atoms with Crippen molar-refractivity contribution in [2.45, 2.75) is 9.79 Å². The summed E-state index contributed by atoms with van der Waals surface area (Å²) >= 11 is 1.18. The summed E-state index contributed by atoms with van der Waals surface area (Å²) in [5.41, 5.74) is 0. The number of rotatable bonds is 2. The van der Waals surface area contributed by atoms with E-state index in [1.807, 2.05) is 12.1 Å². The average Bonchev–Trinajstić information content (AvgIpc) is 2.31. The minimum Gasteiger partial charge on any atom is -0.617 e. The van der Waals surface area contributed by atoms with E-state index in [0.29, 0.717) is 0 Å². The van der Waals surface area contributed by atoms with E-state index in [2.05, 4.69) is 48.5 Å². The Morgan fingerprint density at radius 2 is 1.06 bits per heavy atom. The van der Waals surface area contributed by atoms with Gasteiger partial charge < -0.3 is 4.55 Å². The third-order valence-corrected chi connectivity index (χ3v) is 2.74. The fraction of sp³-hybridized carbons (Fsp3) is 0.143. The molecule has 0 saturated carbocycles. The van der Waals surface area contributed by atoms with Gasteiger partial charge >= 0.3 is 0 Å². The lowest BCUT2D eigenvalue weighted by Crippen LogP contribution is -1.86. The van der Waals surface area contributed by atoms with E-state index in [4.69, 9.17) is 0 Å². The minimum atomic E-state index is -0.611. The first-order valence-corrected chi connectivity index (χ1v) is 8.00. The Bertz CT molecular complexity index is 361. The maximum atomic E-state index is 9.56. The standard InChI is InChI=1S/C12H10S.C2H6OS/c1-3-7-11(8-4-1)13-12-9-5-2-6-10-12;1-4(2)3/h1-10H;1-2H3. The van der Waals surface area contributed by atoms with E-state index < -0.39 is 11.2 Å². The monoisotopic (exact) mass is 264 g/mol. The molecule has 0 aromatic heterocycles. The van der Waals surface area contributed by atoms with Crippen LogP contribution in [-0.4, -0.2) is 17.1 Å². The third-order valence-electron chi connectivity index (χ3n) is 1.72. The van der Waals surface area contributed by atoms with Gasteiger partial charge in [0.05, 0.1) is 12.5 Å². The largest absolute Gasteiger partial charge is 0.617 e. The molecule has 0 aliphatic carbocycles. The molecule has 3 heteroatoms. The van der Waals surface area contributed by atoms with Crippen LogP contribution in [0.4, 0.5) is 0 Å². The molecule has 0 heterocycles. The van der Waals surface area contributed by atoms with Crippen molar-refractivity contribution < 1.29 is 4.55 Å². The van der Waals surface area contributed by atoms with Crippen LogP contribution in [0.5, 0.6) is 0 Å². The van der Waals surface area contributed by atoms with Gasteiger partial charge in [-0.1, -0.05) is 59.3 Å². The first kappa shape index (κ1) is 14.2. The molecule has 0 unspecified atom stereocenters. The number of hydrogen-bond acceptors (Lipinski definition) is 2. The average molecular weight is 264 g/mol. The Hall–Kier alpha value is -0.900. The summed E-state index contributed by atoms with van der Waals surface area (Å²) in [7, 11) is 0. The summed E-state index contributed by atoms with van der Waals surface area (Å²) in [4.78, 5) is 2.57. The highest BCUT2D eigenvalue weighted by Gasteiger charge is 1.93. The van der Waals surface area contributed by atoms with E-state index in [0.717, 1.165) is 0 Å². The molecule has 2 aromatic rings. The lowest BCUT2D eigenvalue weighted by atomic mass is 10.4. The molecule has 2 rings (SSSR count). The first-order valence-electron chi connectivity index (χ1n) is 5.21. The highest BCUT2D eigenvalue weighted by molar-refractivity contribution is 7.99. The predicted molar refractivity (Wildman–Crippen MR) is 77.0 cm³/mol. The molecular weight excluding hydrogens is 248 g/mol. The normalized spacial score (nSPS) is 9.65. The molecule has 0 radical (unpaired) electrons. The fourth-order valence-electron chi connectivity index (χ4n) is 1.11. The quantitative estimate of drug-likeness (QED) is 0.769. The van der Waals surface area contributed by atoms with Gasteiger partial charge in [-0.3, -0.25) is 0 Å². The number of benzene rings is 2. The maximum Gasteiger partial charge on any atom is 0.0946 e. The lowest BCUT2D eigenvalue weighted by Gasteiger charge is -1.99. The molecule has 0 atom stereocenters. The highest BCUT2D eigenvalue weighted by atomic mass is 32.2. The summed E-state index contributed by atoms with van der Waals surface area (Å²) in [6.07, 6.45) is 3.28. The molecule has 0 amide bonds. The summed E-state index contributed by atoms with van der Waals surface area (Å²) in [6.45, 7) is 0. The van der Waals surface area contributed by atoms with E-state index in [1.165, 1.54) is 9.79 Å². The van der Waals surface area contributed by atoms with Crippen molar-refractivity contribution >= 4 is 22.9 Å². The van der Waals surface area contributed by atoms with Crippen LogP contribution in [0.1, 0.15) is 0 Å². The van der Waals surface area contributed by atoms with Crippen LogP contribution in [0.25, 0.3) is 0 Å². The first-order chi connectivity index (χ1) is 8.18. The second-order valence-electron chi connectivity index (χ2n) is 3.47. The Kier molecular flexibility index (Phi) is 6.86. The highest BCUT2D eigenvalue weighted by Crippen LogP contribution is 2.26. The lowest BCUT2D eigenvalue weighted by molar-refractivity contribution is 0.606. The third kappa shape index (κ3) is 7.10. The van der Waals surface area contributed by atoms with Gasteiger partial charge in [-0.25, -0.2) is 0 Å². The summed E-state index contributed by atoms with van der Waals surface area (Å²) in [5.74, 6) is 0. The molecule has 1 nitrogen and oxygen atoms in total. The van der Waals surface area contributed by atoms with Gasteiger partial charge in [0.15, 0.2) is 0 Å². The van der Waals surface area contributed by atoms with Crippen LogP contribution in [0.2, 0.25) is 0 Å². The molecule has 17 heavy (non-hydrogen) atoms. The predicted octanol–water partition coefficient (Wildman–Crippen LogP) is 3.83. The smallest absolute Gasteiger partial charge is 0.0946 e. The van der Waals surface area contributed by atoms with Crippen LogP contribution >= 0.6 is 11.8 Å². The zero-order valence-corrected chi connectivity index (χ0v) is 11.6. The molecule has 90 valence electrons. The van der Waals surface area contributed by atoms with Gasteiger partial charge in [-0.05, 0) is 24.3 Å². The van der Waals surface area contributed by atoms with E-state index in [1.54, 1.807) is 24.3 Å². The van der Waals surface area contributed by atoms with Crippen molar-refractivity contribution in [1.29, 1.82) is 0 Å². The van der Waals surface area contributed by atoms with Gasteiger partial charge in [-0.15, -0.1) is 0 Å². The SMILES string of the molecule is C[S+](C)[O-].c1ccc(Sc2ccccc2)cc1. The molecule has 0 aliphatic heterocycles. The summed E-state index contributed by atoms with van der Waals surface area (Å²) in [6, 6.07) is 20.8. The van der Waals surface area contributed by atoms with Crippen LogP contribution < -0.4 is 0 Å². The minimum absolute atomic E-state index is 0.611. The summed E-state index contributed by atoms with van der Waals surface area (Å²) < 4.78 is 9.56. The molecule has 0 fully saturated rings.